The predicted octanol–water partition coefficient (Wildman–Crippen LogP) is 3.74. The maximum Gasteiger partial charge on any atom is 0.246 e. The first kappa shape index (κ1) is 15.8. The zero-order valence-corrected chi connectivity index (χ0v) is 13.9. The monoisotopic (exact) mass is 315 g/mol. The molecule has 0 radical (unpaired) electrons. The summed E-state index contributed by atoms with van der Waals surface area (Å²) in [6, 6.07) is 3.88. The molecule has 2 aromatic rings. The number of hydrogen-bond acceptors (Lipinski definition) is 3. The molecule has 2 aromatic heterocycles. The minimum atomic E-state index is -0.237. The van der Waals surface area contributed by atoms with E-state index in [0.717, 1.165) is 43.7 Å². The molecular weight excluding hydrogens is 290 g/mol. The summed E-state index contributed by atoms with van der Waals surface area (Å²) in [5.41, 5.74) is 0. The van der Waals surface area contributed by atoms with Crippen molar-refractivity contribution in [3.05, 3.63) is 42.4 Å². The highest BCUT2D eigenvalue weighted by Gasteiger charge is 2.31. The van der Waals surface area contributed by atoms with E-state index in [0.29, 0.717) is 0 Å². The normalized spacial score (nSPS) is 20.3. The number of carbonyl (C=O) groups is 1. The third-order valence-corrected chi connectivity index (χ3v) is 4.72. The zero-order valence-electron chi connectivity index (χ0n) is 13.9. The highest BCUT2D eigenvalue weighted by molar-refractivity contribution is 5.80. The lowest BCUT2D eigenvalue weighted by Gasteiger charge is -2.31. The molecule has 1 aliphatic heterocycles. The fourth-order valence-electron chi connectivity index (χ4n) is 3.30. The van der Waals surface area contributed by atoms with Crippen LogP contribution in [-0.4, -0.2) is 26.9 Å². The Hall–Kier alpha value is -2.04. The molecule has 1 amide bonds. The largest absolute Gasteiger partial charge is 0.464 e. The number of amides is 1. The number of furan rings is 1. The molecule has 0 aromatic carbocycles. The van der Waals surface area contributed by atoms with Crippen LogP contribution in [0, 0.1) is 0 Å². The van der Waals surface area contributed by atoms with Crippen molar-refractivity contribution >= 4 is 5.91 Å². The Morgan fingerprint density at radius 1 is 1.39 bits per heavy atom. The standard InChI is InChI=1S/C18H25N3O2/c1-3-15-8-9-17(23-15)16-7-5-4-6-11-21(16)18(22)14(2)20-12-10-19-13-20/h8-10,12-14,16H,3-7,11H2,1-2H3/t14-,16-/m1/s1. The van der Waals surface area contributed by atoms with Gasteiger partial charge in [-0.25, -0.2) is 4.98 Å². The Kier molecular flexibility index (Phi) is 4.84. The van der Waals surface area contributed by atoms with Gasteiger partial charge in [0.05, 0.1) is 12.4 Å². The SMILES string of the molecule is CCc1ccc([C@H]2CCCCCN2C(=O)[C@@H](C)n2ccnc2)o1. The van der Waals surface area contributed by atoms with Crippen LogP contribution in [0.25, 0.3) is 0 Å². The van der Waals surface area contributed by atoms with E-state index in [2.05, 4.69) is 11.9 Å². The molecule has 1 aliphatic rings. The van der Waals surface area contributed by atoms with Gasteiger partial charge < -0.3 is 13.9 Å². The lowest BCUT2D eigenvalue weighted by atomic mass is 10.1. The van der Waals surface area contributed by atoms with Gasteiger partial charge in [0.25, 0.3) is 0 Å². The fourth-order valence-corrected chi connectivity index (χ4v) is 3.30. The lowest BCUT2D eigenvalue weighted by molar-refractivity contribution is -0.137. The van der Waals surface area contributed by atoms with Gasteiger partial charge in [0.2, 0.25) is 5.91 Å². The topological polar surface area (TPSA) is 51.3 Å². The minimum Gasteiger partial charge on any atom is -0.464 e. The van der Waals surface area contributed by atoms with Crippen LogP contribution < -0.4 is 0 Å². The number of aromatic nitrogens is 2. The van der Waals surface area contributed by atoms with Crippen LogP contribution in [0.2, 0.25) is 0 Å². The lowest BCUT2D eigenvalue weighted by Crippen LogP contribution is -2.38. The molecule has 2 atom stereocenters. The minimum absolute atomic E-state index is 0.0521. The average molecular weight is 315 g/mol. The van der Waals surface area contributed by atoms with Crippen LogP contribution >= 0.6 is 0 Å². The third-order valence-electron chi connectivity index (χ3n) is 4.72. The summed E-state index contributed by atoms with van der Waals surface area (Å²) in [6.45, 7) is 4.82. The number of imidazole rings is 1. The van der Waals surface area contributed by atoms with Gasteiger partial charge in [-0.05, 0) is 31.9 Å². The molecule has 1 fully saturated rings. The first-order valence-electron chi connectivity index (χ1n) is 8.57. The smallest absolute Gasteiger partial charge is 0.246 e. The van der Waals surface area contributed by atoms with Crippen molar-refractivity contribution in [1.29, 1.82) is 0 Å². The van der Waals surface area contributed by atoms with Crippen molar-refractivity contribution in [2.45, 2.75) is 58.0 Å². The van der Waals surface area contributed by atoms with Gasteiger partial charge in [-0.3, -0.25) is 4.79 Å². The van der Waals surface area contributed by atoms with Crippen LogP contribution in [0.1, 0.15) is 63.1 Å². The Morgan fingerprint density at radius 3 is 2.96 bits per heavy atom. The first-order chi connectivity index (χ1) is 11.2. The second kappa shape index (κ2) is 7.02. The highest BCUT2D eigenvalue weighted by Crippen LogP contribution is 2.33. The van der Waals surface area contributed by atoms with E-state index < -0.39 is 0 Å². The van der Waals surface area contributed by atoms with E-state index in [9.17, 15) is 4.79 Å². The second-order valence-corrected chi connectivity index (χ2v) is 6.24. The van der Waals surface area contributed by atoms with E-state index in [1.165, 1.54) is 6.42 Å². The van der Waals surface area contributed by atoms with E-state index in [1.807, 2.05) is 34.7 Å². The summed E-state index contributed by atoms with van der Waals surface area (Å²) < 4.78 is 7.83. The van der Waals surface area contributed by atoms with Crippen molar-refractivity contribution < 1.29 is 9.21 Å². The van der Waals surface area contributed by atoms with E-state index >= 15 is 0 Å². The Bertz CT molecular complexity index is 632. The van der Waals surface area contributed by atoms with Gasteiger partial charge in [0.15, 0.2) is 0 Å². The van der Waals surface area contributed by atoms with E-state index in [4.69, 9.17) is 4.42 Å². The van der Waals surface area contributed by atoms with Crippen molar-refractivity contribution in [2.24, 2.45) is 0 Å². The molecule has 0 spiro atoms. The summed E-state index contributed by atoms with van der Waals surface area (Å²) in [4.78, 5) is 19.1. The molecule has 124 valence electrons. The number of carbonyl (C=O) groups excluding carboxylic acids is 1. The van der Waals surface area contributed by atoms with Gasteiger partial charge in [0, 0.05) is 25.4 Å². The maximum atomic E-state index is 13.0. The average Bonchev–Trinajstić information content (AvgIpc) is 3.21. The Balaban J connectivity index is 1.84. The predicted molar refractivity (Wildman–Crippen MR) is 87.9 cm³/mol. The molecular formula is C18H25N3O2. The number of aryl methyl sites for hydroxylation is 1. The second-order valence-electron chi connectivity index (χ2n) is 6.24. The van der Waals surface area contributed by atoms with Gasteiger partial charge in [-0.15, -0.1) is 0 Å². The molecule has 1 saturated heterocycles. The number of rotatable bonds is 4. The van der Waals surface area contributed by atoms with Crippen molar-refractivity contribution in [2.75, 3.05) is 6.54 Å². The van der Waals surface area contributed by atoms with Crippen molar-refractivity contribution in [3.63, 3.8) is 0 Å². The van der Waals surface area contributed by atoms with Gasteiger partial charge in [-0.2, -0.15) is 0 Å². The maximum absolute atomic E-state index is 13.0. The Morgan fingerprint density at radius 2 is 2.26 bits per heavy atom. The molecule has 3 rings (SSSR count). The van der Waals surface area contributed by atoms with Crippen LogP contribution in [-0.2, 0) is 11.2 Å². The van der Waals surface area contributed by atoms with Crippen molar-refractivity contribution in [3.8, 4) is 0 Å². The zero-order chi connectivity index (χ0) is 16.2. The van der Waals surface area contributed by atoms with Crippen LogP contribution in [0.5, 0.6) is 0 Å². The van der Waals surface area contributed by atoms with Crippen LogP contribution in [0.4, 0.5) is 0 Å². The van der Waals surface area contributed by atoms with Gasteiger partial charge >= 0.3 is 0 Å². The van der Waals surface area contributed by atoms with Crippen molar-refractivity contribution in [1.82, 2.24) is 14.5 Å². The van der Waals surface area contributed by atoms with E-state index in [-0.39, 0.29) is 18.0 Å². The quantitative estimate of drug-likeness (QED) is 0.863. The summed E-state index contributed by atoms with van der Waals surface area (Å²) in [5, 5.41) is 0. The molecule has 0 aliphatic carbocycles. The molecule has 0 N–H and O–H groups in total. The molecule has 5 nitrogen and oxygen atoms in total. The third kappa shape index (κ3) is 3.33. The summed E-state index contributed by atoms with van der Waals surface area (Å²) in [5.74, 6) is 2.05. The number of likely N-dealkylation sites (tertiary alicyclic amines) is 1. The molecule has 5 heteroatoms. The van der Waals surface area contributed by atoms with E-state index in [1.54, 1.807) is 12.5 Å². The summed E-state index contributed by atoms with van der Waals surface area (Å²) in [7, 11) is 0. The van der Waals surface area contributed by atoms with Gasteiger partial charge in [0.1, 0.15) is 17.6 Å². The number of hydrogen-bond donors (Lipinski definition) is 0. The fraction of sp³-hybridized carbons (Fsp3) is 0.556. The molecule has 0 bridgehead atoms. The van der Waals surface area contributed by atoms with Gasteiger partial charge in [-0.1, -0.05) is 19.8 Å². The Labute approximate surface area is 137 Å². The molecule has 23 heavy (non-hydrogen) atoms. The van der Waals surface area contributed by atoms with Crippen LogP contribution in [0.3, 0.4) is 0 Å². The first-order valence-corrected chi connectivity index (χ1v) is 8.57. The summed E-state index contributed by atoms with van der Waals surface area (Å²) >= 11 is 0. The number of nitrogens with zero attached hydrogens (tertiary/aromatic N) is 3. The highest BCUT2D eigenvalue weighted by atomic mass is 16.3. The summed E-state index contributed by atoms with van der Waals surface area (Å²) in [6.07, 6.45) is 10.5. The molecule has 0 unspecified atom stereocenters. The molecule has 0 saturated carbocycles. The van der Waals surface area contributed by atoms with Crippen LogP contribution in [0.15, 0.2) is 35.3 Å². The molecule has 3 heterocycles.